The molecular formula is C20H20Cl2N4OS3. The van der Waals surface area contributed by atoms with Gasteiger partial charge in [0.15, 0.2) is 14.5 Å². The minimum Gasteiger partial charge on any atom is -0.308 e. The lowest BCUT2D eigenvalue weighted by Gasteiger charge is -2.10. The van der Waals surface area contributed by atoms with Crippen LogP contribution in [-0.4, -0.2) is 26.3 Å². The molecule has 0 saturated heterocycles. The number of amides is 1. The van der Waals surface area contributed by atoms with Crippen molar-refractivity contribution in [1.82, 2.24) is 15.2 Å². The standard InChI is InChI=1S/C20H20Cl2N4OS3/c1-11(2)14-6-4-13(5-7-14)10-28-19-25-26-20(30-19)29-12(3)18(27)24-17-16(22)8-15(21)9-23-17/h4-9,11-12H,10H2,1-3H3,(H,23,24,27). The van der Waals surface area contributed by atoms with Crippen LogP contribution in [0, 0.1) is 0 Å². The predicted octanol–water partition coefficient (Wildman–Crippen LogP) is 6.77. The van der Waals surface area contributed by atoms with Crippen molar-refractivity contribution < 1.29 is 4.79 Å². The molecule has 3 aromatic rings. The highest BCUT2D eigenvalue weighted by Crippen LogP contribution is 2.33. The fourth-order valence-electron chi connectivity index (χ4n) is 2.38. The molecule has 0 aliphatic carbocycles. The zero-order valence-corrected chi connectivity index (χ0v) is 20.5. The fraction of sp³-hybridized carbons (Fsp3) is 0.300. The Balaban J connectivity index is 1.52. The lowest BCUT2D eigenvalue weighted by Crippen LogP contribution is -2.23. The molecule has 2 aromatic heterocycles. The molecule has 0 aliphatic heterocycles. The van der Waals surface area contributed by atoms with Gasteiger partial charge < -0.3 is 5.32 Å². The number of hydrogen-bond donors (Lipinski definition) is 1. The van der Waals surface area contributed by atoms with Crippen LogP contribution in [0.15, 0.2) is 45.2 Å². The molecule has 158 valence electrons. The number of carbonyl (C=O) groups is 1. The highest BCUT2D eigenvalue weighted by Gasteiger charge is 2.19. The van der Waals surface area contributed by atoms with Gasteiger partial charge in [0.25, 0.3) is 0 Å². The summed E-state index contributed by atoms with van der Waals surface area (Å²) in [7, 11) is 0. The van der Waals surface area contributed by atoms with Gasteiger partial charge in [0.2, 0.25) is 5.91 Å². The van der Waals surface area contributed by atoms with Crippen molar-refractivity contribution >= 4 is 69.8 Å². The molecule has 0 aliphatic rings. The summed E-state index contributed by atoms with van der Waals surface area (Å²) in [6.07, 6.45) is 1.44. The van der Waals surface area contributed by atoms with Crippen LogP contribution >= 0.6 is 58.1 Å². The molecule has 1 amide bonds. The number of rotatable bonds is 8. The maximum atomic E-state index is 12.4. The number of anilines is 1. The average Bonchev–Trinajstić information content (AvgIpc) is 3.16. The Kier molecular flexibility index (Phi) is 8.42. The minimum atomic E-state index is -0.382. The van der Waals surface area contributed by atoms with Crippen molar-refractivity contribution in [2.75, 3.05) is 5.32 Å². The maximum Gasteiger partial charge on any atom is 0.238 e. The van der Waals surface area contributed by atoms with Crippen LogP contribution in [0.2, 0.25) is 10.0 Å². The maximum absolute atomic E-state index is 12.4. The molecule has 1 unspecified atom stereocenters. The van der Waals surface area contributed by atoms with Crippen LogP contribution in [0.4, 0.5) is 5.82 Å². The van der Waals surface area contributed by atoms with E-state index in [9.17, 15) is 4.79 Å². The Bertz CT molecular complexity index is 1010. The van der Waals surface area contributed by atoms with Crippen molar-refractivity contribution in [1.29, 1.82) is 0 Å². The molecule has 1 N–H and O–H groups in total. The summed E-state index contributed by atoms with van der Waals surface area (Å²) in [6.45, 7) is 6.17. The van der Waals surface area contributed by atoms with E-state index in [4.69, 9.17) is 23.2 Å². The molecular weight excluding hydrogens is 479 g/mol. The Hall–Kier alpha value is -1.32. The van der Waals surface area contributed by atoms with Crippen molar-refractivity contribution in [2.24, 2.45) is 0 Å². The number of aromatic nitrogens is 3. The van der Waals surface area contributed by atoms with E-state index in [1.807, 2.05) is 0 Å². The van der Waals surface area contributed by atoms with Crippen LogP contribution in [-0.2, 0) is 10.5 Å². The summed E-state index contributed by atoms with van der Waals surface area (Å²) in [4.78, 5) is 16.5. The normalized spacial score (nSPS) is 12.2. The van der Waals surface area contributed by atoms with Gasteiger partial charge >= 0.3 is 0 Å². The van der Waals surface area contributed by atoms with E-state index in [0.717, 1.165) is 14.4 Å². The topological polar surface area (TPSA) is 67.8 Å². The van der Waals surface area contributed by atoms with Gasteiger partial charge in [-0.15, -0.1) is 10.2 Å². The number of nitrogens with zero attached hydrogens (tertiary/aromatic N) is 3. The van der Waals surface area contributed by atoms with Crippen molar-refractivity contribution in [3.8, 4) is 0 Å². The number of benzene rings is 1. The highest BCUT2D eigenvalue weighted by molar-refractivity contribution is 8.03. The smallest absolute Gasteiger partial charge is 0.238 e. The first-order valence-electron chi connectivity index (χ1n) is 9.15. The third-order valence-corrected chi connectivity index (χ3v) is 7.90. The Morgan fingerprint density at radius 1 is 1.13 bits per heavy atom. The molecule has 1 aromatic carbocycles. The molecule has 0 bridgehead atoms. The van der Waals surface area contributed by atoms with Gasteiger partial charge in [0, 0.05) is 11.9 Å². The van der Waals surface area contributed by atoms with Crippen LogP contribution in [0.3, 0.4) is 0 Å². The van der Waals surface area contributed by atoms with E-state index in [1.165, 1.54) is 46.5 Å². The molecule has 0 saturated carbocycles. The second kappa shape index (κ2) is 10.8. The van der Waals surface area contributed by atoms with Gasteiger partial charge in [0.05, 0.1) is 15.3 Å². The summed E-state index contributed by atoms with van der Waals surface area (Å²) in [5.74, 6) is 1.43. The van der Waals surface area contributed by atoms with Gasteiger partial charge in [-0.25, -0.2) is 4.98 Å². The molecule has 1 atom stereocenters. The zero-order chi connectivity index (χ0) is 21.7. The van der Waals surface area contributed by atoms with E-state index < -0.39 is 0 Å². The average molecular weight is 500 g/mol. The molecule has 30 heavy (non-hydrogen) atoms. The SMILES string of the molecule is CC(Sc1nnc(SCc2ccc(C(C)C)cc2)s1)C(=O)Nc1ncc(Cl)cc1Cl. The van der Waals surface area contributed by atoms with Crippen LogP contribution in [0.25, 0.3) is 0 Å². The lowest BCUT2D eigenvalue weighted by molar-refractivity contribution is -0.115. The van der Waals surface area contributed by atoms with E-state index in [2.05, 4.69) is 58.6 Å². The second-order valence-corrected chi connectivity index (χ2v) is 11.4. The largest absolute Gasteiger partial charge is 0.308 e. The van der Waals surface area contributed by atoms with Crippen LogP contribution in [0.5, 0.6) is 0 Å². The number of carbonyl (C=O) groups excluding carboxylic acids is 1. The first kappa shape index (κ1) is 23.3. The second-order valence-electron chi connectivity index (χ2n) is 6.75. The monoisotopic (exact) mass is 498 g/mol. The van der Waals surface area contributed by atoms with E-state index in [-0.39, 0.29) is 17.0 Å². The molecule has 0 radical (unpaired) electrons. The Labute approximate surface area is 198 Å². The first-order chi connectivity index (χ1) is 14.3. The molecule has 10 heteroatoms. The Morgan fingerprint density at radius 3 is 2.50 bits per heavy atom. The number of pyridine rings is 1. The van der Waals surface area contributed by atoms with Crippen molar-refractivity contribution in [2.45, 2.75) is 46.4 Å². The molecule has 5 nitrogen and oxygen atoms in total. The minimum absolute atomic E-state index is 0.216. The van der Waals surface area contributed by atoms with Gasteiger partial charge in [-0.1, -0.05) is 96.2 Å². The summed E-state index contributed by atoms with van der Waals surface area (Å²) >= 11 is 16.4. The van der Waals surface area contributed by atoms with E-state index in [0.29, 0.717) is 16.0 Å². The number of hydrogen-bond acceptors (Lipinski definition) is 7. The fourth-order valence-corrected chi connectivity index (χ4v) is 5.92. The summed E-state index contributed by atoms with van der Waals surface area (Å²) in [5, 5.41) is 11.5. The Morgan fingerprint density at radius 2 is 1.83 bits per heavy atom. The third kappa shape index (κ3) is 6.59. The molecule has 0 spiro atoms. The van der Waals surface area contributed by atoms with Gasteiger partial charge in [0.1, 0.15) is 0 Å². The summed E-state index contributed by atoms with van der Waals surface area (Å²) in [5.41, 5.74) is 2.58. The first-order valence-corrected chi connectivity index (χ1v) is 12.6. The van der Waals surface area contributed by atoms with Crippen LogP contribution in [0.1, 0.15) is 37.8 Å². The number of halogens is 2. The van der Waals surface area contributed by atoms with Gasteiger partial charge in [-0.05, 0) is 30.0 Å². The molecule has 3 rings (SSSR count). The predicted molar refractivity (Wildman–Crippen MR) is 128 cm³/mol. The highest BCUT2D eigenvalue weighted by atomic mass is 35.5. The van der Waals surface area contributed by atoms with E-state index >= 15 is 0 Å². The molecule has 0 fully saturated rings. The third-order valence-electron chi connectivity index (χ3n) is 4.09. The van der Waals surface area contributed by atoms with Crippen molar-refractivity contribution in [3.63, 3.8) is 0 Å². The summed E-state index contributed by atoms with van der Waals surface area (Å²) < 4.78 is 1.62. The summed E-state index contributed by atoms with van der Waals surface area (Å²) in [6, 6.07) is 10.2. The van der Waals surface area contributed by atoms with Crippen LogP contribution < -0.4 is 5.32 Å². The van der Waals surface area contributed by atoms with Gasteiger partial charge in [-0.2, -0.15) is 0 Å². The number of thioether (sulfide) groups is 2. The number of nitrogens with one attached hydrogen (secondary N) is 1. The molecule has 2 heterocycles. The van der Waals surface area contributed by atoms with E-state index in [1.54, 1.807) is 18.7 Å². The zero-order valence-electron chi connectivity index (χ0n) is 16.6. The lowest BCUT2D eigenvalue weighted by atomic mass is 10.0. The van der Waals surface area contributed by atoms with Crippen molar-refractivity contribution in [3.05, 3.63) is 57.7 Å². The quantitative estimate of drug-likeness (QED) is 0.345. The van der Waals surface area contributed by atoms with Gasteiger partial charge in [-0.3, -0.25) is 4.79 Å².